The molecule has 1 rings (SSSR count). The van der Waals surface area contributed by atoms with Crippen LogP contribution in [-0.4, -0.2) is 44.9 Å². The Bertz CT molecular complexity index is 623. The van der Waals surface area contributed by atoms with E-state index < -0.39 is 10.0 Å². The molecule has 0 aliphatic rings. The minimum absolute atomic E-state index is 0.0749. The number of nitrogens with zero attached hydrogens (tertiary/aromatic N) is 2. The van der Waals surface area contributed by atoms with Gasteiger partial charge in [0.15, 0.2) is 11.7 Å². The number of sulfonamides is 1. The summed E-state index contributed by atoms with van der Waals surface area (Å²) >= 11 is 0. The van der Waals surface area contributed by atoms with E-state index >= 15 is 0 Å². The molecule has 144 valence electrons. The summed E-state index contributed by atoms with van der Waals surface area (Å²) in [4.78, 5) is 4.45. The zero-order valence-electron chi connectivity index (χ0n) is 15.6. The van der Waals surface area contributed by atoms with Crippen molar-refractivity contribution in [1.82, 2.24) is 20.5 Å². The van der Waals surface area contributed by atoms with Gasteiger partial charge in [-0.2, -0.15) is 0 Å². The van der Waals surface area contributed by atoms with Gasteiger partial charge in [-0.25, -0.2) is 18.1 Å². The average Bonchev–Trinajstić information content (AvgIpc) is 3.06. The highest BCUT2D eigenvalue weighted by atomic mass is 32.2. The Kier molecular flexibility index (Phi) is 9.51. The lowest BCUT2D eigenvalue weighted by Gasteiger charge is -2.11. The van der Waals surface area contributed by atoms with Gasteiger partial charge >= 0.3 is 0 Å². The van der Waals surface area contributed by atoms with Crippen molar-refractivity contribution in [2.45, 2.75) is 53.0 Å². The number of rotatable bonds is 11. The molecule has 0 aromatic carbocycles. The molecule has 0 saturated carbocycles. The quantitative estimate of drug-likeness (QED) is 0.309. The maximum atomic E-state index is 11.4. The molecule has 0 saturated heterocycles. The zero-order chi connectivity index (χ0) is 18.7. The summed E-state index contributed by atoms with van der Waals surface area (Å²) in [5.74, 6) is 1.81. The van der Waals surface area contributed by atoms with Crippen LogP contribution in [0.3, 0.4) is 0 Å². The molecule has 9 heteroatoms. The smallest absolute Gasteiger partial charge is 0.211 e. The standard InChI is InChI=1S/C16H31N5O3S/c1-5-13(6-2)15-11-14(24-21-15)12-19-16(17-7-3)18-9-10-20-25(22,23)8-4/h11,13,20H,5-10,12H2,1-4H3,(H2,17,18,19). The number of hydrogen-bond acceptors (Lipinski definition) is 5. The van der Waals surface area contributed by atoms with Crippen molar-refractivity contribution in [2.75, 3.05) is 25.4 Å². The van der Waals surface area contributed by atoms with E-state index in [0.717, 1.165) is 18.5 Å². The first-order chi connectivity index (χ1) is 12.0. The molecule has 3 N–H and O–H groups in total. The van der Waals surface area contributed by atoms with E-state index in [1.165, 1.54) is 0 Å². The molecule has 0 amide bonds. The first-order valence-corrected chi connectivity index (χ1v) is 10.6. The molecule has 1 aromatic heterocycles. The number of guanidine groups is 1. The van der Waals surface area contributed by atoms with Crippen LogP contribution in [0.1, 0.15) is 57.9 Å². The van der Waals surface area contributed by atoms with Gasteiger partial charge in [0.1, 0.15) is 6.54 Å². The molecule has 0 fully saturated rings. The molecule has 8 nitrogen and oxygen atoms in total. The van der Waals surface area contributed by atoms with E-state index in [-0.39, 0.29) is 5.75 Å². The van der Waals surface area contributed by atoms with E-state index in [4.69, 9.17) is 4.52 Å². The van der Waals surface area contributed by atoms with Gasteiger partial charge in [0.25, 0.3) is 0 Å². The Hall–Kier alpha value is -1.61. The van der Waals surface area contributed by atoms with E-state index in [1.54, 1.807) is 6.92 Å². The average molecular weight is 374 g/mol. The van der Waals surface area contributed by atoms with Crippen LogP contribution in [0.4, 0.5) is 0 Å². The fourth-order valence-corrected chi connectivity index (χ4v) is 2.91. The van der Waals surface area contributed by atoms with E-state index in [9.17, 15) is 8.42 Å². The maximum Gasteiger partial charge on any atom is 0.211 e. The normalized spacial score (nSPS) is 12.6. The predicted molar refractivity (Wildman–Crippen MR) is 100 cm³/mol. The SMILES string of the molecule is CCNC(=NCc1cc(C(CC)CC)no1)NCCNS(=O)(=O)CC. The second kappa shape index (κ2) is 11.1. The highest BCUT2D eigenvalue weighted by Gasteiger charge is 2.12. The molecule has 0 spiro atoms. The van der Waals surface area contributed by atoms with Crippen LogP contribution in [0.25, 0.3) is 0 Å². The van der Waals surface area contributed by atoms with Crippen LogP contribution in [0.2, 0.25) is 0 Å². The molecule has 25 heavy (non-hydrogen) atoms. The topological polar surface area (TPSA) is 109 Å². The number of hydrogen-bond donors (Lipinski definition) is 3. The summed E-state index contributed by atoms with van der Waals surface area (Å²) in [5, 5.41) is 10.3. The van der Waals surface area contributed by atoms with Gasteiger partial charge in [-0.05, 0) is 26.7 Å². The number of aliphatic imine (C=N–C) groups is 1. The first-order valence-electron chi connectivity index (χ1n) is 8.90. The lowest BCUT2D eigenvalue weighted by molar-refractivity contribution is 0.372. The summed E-state index contributed by atoms with van der Waals surface area (Å²) in [6.07, 6.45) is 2.06. The molecule has 1 aromatic rings. The molecule has 0 unspecified atom stereocenters. The van der Waals surface area contributed by atoms with Crippen molar-refractivity contribution in [1.29, 1.82) is 0 Å². The summed E-state index contributed by atoms with van der Waals surface area (Å²) in [7, 11) is -3.17. The molecule has 0 aliphatic carbocycles. The molecular weight excluding hydrogens is 342 g/mol. The van der Waals surface area contributed by atoms with Crippen molar-refractivity contribution in [2.24, 2.45) is 4.99 Å². The largest absolute Gasteiger partial charge is 0.359 e. The third-order valence-corrected chi connectivity index (χ3v) is 5.24. The van der Waals surface area contributed by atoms with Crippen LogP contribution < -0.4 is 15.4 Å². The zero-order valence-corrected chi connectivity index (χ0v) is 16.4. The molecule has 0 bridgehead atoms. The van der Waals surface area contributed by atoms with Gasteiger partial charge in [-0.3, -0.25) is 0 Å². The first kappa shape index (κ1) is 21.4. The van der Waals surface area contributed by atoms with Crippen molar-refractivity contribution >= 4 is 16.0 Å². The highest BCUT2D eigenvalue weighted by Crippen LogP contribution is 2.22. The van der Waals surface area contributed by atoms with Gasteiger partial charge in [0, 0.05) is 31.6 Å². The van der Waals surface area contributed by atoms with Crippen LogP contribution in [0, 0.1) is 0 Å². The van der Waals surface area contributed by atoms with Crippen molar-refractivity contribution in [3.05, 3.63) is 17.5 Å². The molecule has 0 aliphatic heterocycles. The van der Waals surface area contributed by atoms with Gasteiger partial charge in [0.2, 0.25) is 10.0 Å². The Labute approximate surface area is 150 Å². The van der Waals surface area contributed by atoms with Crippen LogP contribution in [-0.2, 0) is 16.6 Å². The predicted octanol–water partition coefficient (Wildman–Crippen LogP) is 1.57. The fourth-order valence-electron chi connectivity index (χ4n) is 2.29. The Morgan fingerprint density at radius 3 is 2.52 bits per heavy atom. The minimum atomic E-state index is -3.17. The molecular formula is C16H31N5O3S. The number of nitrogens with one attached hydrogen (secondary N) is 3. The second-order valence-electron chi connectivity index (χ2n) is 5.65. The fraction of sp³-hybridized carbons (Fsp3) is 0.750. The third-order valence-electron chi connectivity index (χ3n) is 3.84. The number of aromatic nitrogens is 1. The summed E-state index contributed by atoms with van der Waals surface area (Å²) in [6, 6.07) is 1.96. The second-order valence-corrected chi connectivity index (χ2v) is 7.75. The van der Waals surface area contributed by atoms with Gasteiger partial charge < -0.3 is 15.2 Å². The van der Waals surface area contributed by atoms with Crippen molar-refractivity contribution < 1.29 is 12.9 Å². The van der Waals surface area contributed by atoms with E-state index in [2.05, 4.69) is 39.4 Å². The Morgan fingerprint density at radius 2 is 1.92 bits per heavy atom. The maximum absolute atomic E-state index is 11.4. The summed E-state index contributed by atoms with van der Waals surface area (Å²) in [6.45, 7) is 9.69. The summed E-state index contributed by atoms with van der Waals surface area (Å²) in [5.41, 5.74) is 0.974. The van der Waals surface area contributed by atoms with Crippen LogP contribution >= 0.6 is 0 Å². The van der Waals surface area contributed by atoms with Gasteiger partial charge in [-0.15, -0.1) is 0 Å². The Morgan fingerprint density at radius 1 is 1.20 bits per heavy atom. The Balaban J connectivity index is 2.55. The van der Waals surface area contributed by atoms with E-state index in [0.29, 0.717) is 43.8 Å². The van der Waals surface area contributed by atoms with Crippen molar-refractivity contribution in [3.63, 3.8) is 0 Å². The lowest BCUT2D eigenvalue weighted by Crippen LogP contribution is -2.41. The molecule has 0 radical (unpaired) electrons. The van der Waals surface area contributed by atoms with Crippen molar-refractivity contribution in [3.8, 4) is 0 Å². The minimum Gasteiger partial charge on any atom is -0.359 e. The van der Waals surface area contributed by atoms with Crippen LogP contribution in [0.15, 0.2) is 15.6 Å². The van der Waals surface area contributed by atoms with E-state index in [1.807, 2.05) is 13.0 Å². The highest BCUT2D eigenvalue weighted by molar-refractivity contribution is 7.89. The lowest BCUT2D eigenvalue weighted by atomic mass is 9.99. The molecule has 0 atom stereocenters. The van der Waals surface area contributed by atoms with Gasteiger partial charge in [0.05, 0.1) is 11.4 Å². The third kappa shape index (κ3) is 7.87. The van der Waals surface area contributed by atoms with Crippen LogP contribution in [0.5, 0.6) is 0 Å². The summed E-state index contributed by atoms with van der Waals surface area (Å²) < 4.78 is 30.6. The van der Waals surface area contributed by atoms with Gasteiger partial charge in [-0.1, -0.05) is 19.0 Å². The molecule has 1 heterocycles. The monoisotopic (exact) mass is 373 g/mol.